The summed E-state index contributed by atoms with van der Waals surface area (Å²) in [5.41, 5.74) is 4.35. The highest BCUT2D eigenvalue weighted by Crippen LogP contribution is 2.33. The van der Waals surface area contributed by atoms with Gasteiger partial charge in [0.05, 0.1) is 4.83 Å². The van der Waals surface area contributed by atoms with Gasteiger partial charge in [-0.3, -0.25) is 4.79 Å². The number of aryl methyl sites for hydroxylation is 1. The largest absolute Gasteiger partial charge is 0.299 e. The predicted octanol–water partition coefficient (Wildman–Crippen LogP) is 4.02. The molecule has 0 bridgehead atoms. The van der Waals surface area contributed by atoms with E-state index in [0.29, 0.717) is 0 Å². The molecular weight excluding hydrogens is 276 g/mol. The lowest BCUT2D eigenvalue weighted by Gasteiger charge is -2.24. The third-order valence-electron chi connectivity index (χ3n) is 3.75. The molecule has 2 rings (SSSR count). The van der Waals surface area contributed by atoms with Crippen molar-refractivity contribution in [3.8, 4) is 0 Å². The molecule has 0 heterocycles. The molecule has 0 radical (unpaired) electrons. The number of halogens is 1. The van der Waals surface area contributed by atoms with Crippen LogP contribution in [0.5, 0.6) is 0 Å². The SMILES string of the molecule is CC(=O)C(Br)C(C)c1cccc2c1CCCC2. The van der Waals surface area contributed by atoms with Crippen LogP contribution in [0.3, 0.4) is 0 Å². The molecule has 0 aliphatic heterocycles. The Morgan fingerprint density at radius 1 is 1.29 bits per heavy atom. The Balaban J connectivity index is 2.35. The molecule has 0 saturated carbocycles. The highest BCUT2D eigenvalue weighted by atomic mass is 79.9. The number of Topliss-reactive ketones (excluding diaryl/α,β-unsaturated/α-hetero) is 1. The van der Waals surface area contributed by atoms with Crippen molar-refractivity contribution >= 4 is 21.7 Å². The van der Waals surface area contributed by atoms with E-state index in [-0.39, 0.29) is 16.5 Å². The number of carbonyl (C=O) groups excluding carboxylic acids is 1. The van der Waals surface area contributed by atoms with Gasteiger partial charge in [-0.1, -0.05) is 41.1 Å². The lowest BCUT2D eigenvalue weighted by molar-refractivity contribution is -0.116. The zero-order chi connectivity index (χ0) is 12.4. The van der Waals surface area contributed by atoms with Crippen molar-refractivity contribution in [1.29, 1.82) is 0 Å². The lowest BCUT2D eigenvalue weighted by Crippen LogP contribution is -2.20. The molecule has 1 aliphatic carbocycles. The standard InChI is InChI=1S/C15H19BrO/c1-10(15(16)11(2)17)13-9-5-7-12-6-3-4-8-14(12)13/h5,7,9-10,15H,3-4,6,8H2,1-2H3. The molecule has 1 aliphatic rings. The van der Waals surface area contributed by atoms with Gasteiger partial charge in [0.2, 0.25) is 0 Å². The van der Waals surface area contributed by atoms with Crippen molar-refractivity contribution in [1.82, 2.24) is 0 Å². The maximum atomic E-state index is 11.5. The van der Waals surface area contributed by atoms with Crippen LogP contribution in [-0.4, -0.2) is 10.6 Å². The molecule has 0 saturated heterocycles. The zero-order valence-electron chi connectivity index (χ0n) is 10.5. The third-order valence-corrected chi connectivity index (χ3v) is 5.19. The van der Waals surface area contributed by atoms with Crippen LogP contribution in [-0.2, 0) is 17.6 Å². The van der Waals surface area contributed by atoms with Gasteiger partial charge in [0.15, 0.2) is 0 Å². The summed E-state index contributed by atoms with van der Waals surface area (Å²) >= 11 is 3.52. The molecule has 2 atom stereocenters. The average molecular weight is 295 g/mol. The maximum absolute atomic E-state index is 11.5. The number of hydrogen-bond acceptors (Lipinski definition) is 1. The summed E-state index contributed by atoms with van der Waals surface area (Å²) in [5, 5.41) is 0. The fraction of sp³-hybridized carbons (Fsp3) is 0.533. The summed E-state index contributed by atoms with van der Waals surface area (Å²) in [6.45, 7) is 3.80. The first kappa shape index (κ1) is 12.8. The zero-order valence-corrected chi connectivity index (χ0v) is 12.1. The molecule has 1 aromatic carbocycles. The topological polar surface area (TPSA) is 17.1 Å². The third kappa shape index (κ3) is 2.62. The molecule has 0 aromatic heterocycles. The summed E-state index contributed by atoms with van der Waals surface area (Å²) < 4.78 is 0. The van der Waals surface area contributed by atoms with Crippen LogP contribution in [0.4, 0.5) is 0 Å². The molecule has 2 unspecified atom stereocenters. The normalized spacial score (nSPS) is 18.3. The molecule has 92 valence electrons. The molecule has 17 heavy (non-hydrogen) atoms. The van der Waals surface area contributed by atoms with Crippen LogP contribution in [0.15, 0.2) is 18.2 Å². The number of hydrogen-bond donors (Lipinski definition) is 0. The smallest absolute Gasteiger partial charge is 0.144 e. The van der Waals surface area contributed by atoms with E-state index < -0.39 is 0 Å². The summed E-state index contributed by atoms with van der Waals surface area (Å²) in [5.74, 6) is 0.478. The van der Waals surface area contributed by atoms with Crippen molar-refractivity contribution < 1.29 is 4.79 Å². The predicted molar refractivity (Wildman–Crippen MR) is 74.9 cm³/mol. The minimum atomic E-state index is -0.0593. The fourth-order valence-corrected chi connectivity index (χ4v) is 3.03. The molecular formula is C15H19BrO. The molecule has 2 heteroatoms. The van der Waals surface area contributed by atoms with Crippen molar-refractivity contribution in [2.24, 2.45) is 0 Å². The Labute approximate surface area is 112 Å². The van der Waals surface area contributed by atoms with Crippen molar-refractivity contribution in [2.75, 3.05) is 0 Å². The van der Waals surface area contributed by atoms with Crippen LogP contribution in [0, 0.1) is 0 Å². The van der Waals surface area contributed by atoms with E-state index in [2.05, 4.69) is 41.1 Å². The Kier molecular flexibility index (Phi) is 4.03. The van der Waals surface area contributed by atoms with E-state index in [1.807, 2.05) is 0 Å². The fourth-order valence-electron chi connectivity index (χ4n) is 2.75. The van der Waals surface area contributed by atoms with Crippen LogP contribution in [0.1, 0.15) is 49.3 Å². The average Bonchev–Trinajstić information content (AvgIpc) is 2.36. The molecule has 0 spiro atoms. The van der Waals surface area contributed by atoms with Gasteiger partial charge in [0.1, 0.15) is 5.78 Å². The first-order chi connectivity index (χ1) is 8.11. The second-order valence-corrected chi connectivity index (χ2v) is 5.98. The molecule has 0 amide bonds. The van der Waals surface area contributed by atoms with Gasteiger partial charge in [0, 0.05) is 5.92 Å². The van der Waals surface area contributed by atoms with E-state index in [9.17, 15) is 4.79 Å². The summed E-state index contributed by atoms with van der Waals surface area (Å²) in [4.78, 5) is 11.4. The minimum absolute atomic E-state index is 0.0593. The van der Waals surface area contributed by atoms with Gasteiger partial charge in [-0.25, -0.2) is 0 Å². The Morgan fingerprint density at radius 2 is 2.00 bits per heavy atom. The van der Waals surface area contributed by atoms with Gasteiger partial charge in [-0.2, -0.15) is 0 Å². The quantitative estimate of drug-likeness (QED) is 0.770. The van der Waals surface area contributed by atoms with Crippen LogP contribution in [0.25, 0.3) is 0 Å². The number of alkyl halides is 1. The minimum Gasteiger partial charge on any atom is -0.299 e. The second-order valence-electron chi connectivity index (χ2n) is 4.99. The van der Waals surface area contributed by atoms with Crippen LogP contribution in [0.2, 0.25) is 0 Å². The highest BCUT2D eigenvalue weighted by molar-refractivity contribution is 9.10. The first-order valence-electron chi connectivity index (χ1n) is 6.36. The highest BCUT2D eigenvalue weighted by Gasteiger charge is 2.24. The number of carbonyl (C=O) groups is 1. The van der Waals surface area contributed by atoms with E-state index in [4.69, 9.17) is 0 Å². The number of benzene rings is 1. The number of fused-ring (bicyclic) bond motifs is 1. The summed E-state index contributed by atoms with van der Waals surface area (Å²) in [6.07, 6.45) is 4.95. The van der Waals surface area contributed by atoms with Gasteiger partial charge in [-0.05, 0) is 49.3 Å². The first-order valence-corrected chi connectivity index (χ1v) is 7.28. The Hall–Kier alpha value is -0.630. The number of ketones is 1. The van der Waals surface area contributed by atoms with Crippen LogP contribution < -0.4 is 0 Å². The molecule has 1 nitrogen and oxygen atoms in total. The monoisotopic (exact) mass is 294 g/mol. The maximum Gasteiger partial charge on any atom is 0.144 e. The van der Waals surface area contributed by atoms with E-state index >= 15 is 0 Å². The molecule has 0 N–H and O–H groups in total. The lowest BCUT2D eigenvalue weighted by atomic mass is 9.83. The molecule has 1 aromatic rings. The second kappa shape index (κ2) is 5.34. The Bertz CT molecular complexity index is 425. The molecule has 0 fully saturated rings. The van der Waals surface area contributed by atoms with Crippen molar-refractivity contribution in [2.45, 2.75) is 50.3 Å². The van der Waals surface area contributed by atoms with E-state index in [1.54, 1.807) is 6.92 Å². The number of rotatable bonds is 3. The summed E-state index contributed by atoms with van der Waals surface area (Å²) in [6, 6.07) is 6.56. The van der Waals surface area contributed by atoms with Crippen LogP contribution >= 0.6 is 15.9 Å². The van der Waals surface area contributed by atoms with Gasteiger partial charge < -0.3 is 0 Å². The van der Waals surface area contributed by atoms with E-state index in [1.165, 1.54) is 42.4 Å². The summed E-state index contributed by atoms with van der Waals surface area (Å²) in [7, 11) is 0. The van der Waals surface area contributed by atoms with Gasteiger partial charge in [0.25, 0.3) is 0 Å². The Morgan fingerprint density at radius 3 is 2.71 bits per heavy atom. The van der Waals surface area contributed by atoms with Crippen molar-refractivity contribution in [3.63, 3.8) is 0 Å². The van der Waals surface area contributed by atoms with E-state index in [0.717, 1.165) is 0 Å². The van der Waals surface area contributed by atoms with Gasteiger partial charge >= 0.3 is 0 Å². The van der Waals surface area contributed by atoms with Crippen molar-refractivity contribution in [3.05, 3.63) is 34.9 Å². The van der Waals surface area contributed by atoms with Gasteiger partial charge in [-0.15, -0.1) is 0 Å².